The van der Waals surface area contributed by atoms with Gasteiger partial charge in [0.15, 0.2) is 0 Å². The molecule has 1 saturated heterocycles. The van der Waals surface area contributed by atoms with Crippen LogP contribution in [-0.4, -0.2) is 57.5 Å². The molecule has 0 saturated carbocycles. The second-order valence-corrected chi connectivity index (χ2v) is 11.6. The van der Waals surface area contributed by atoms with Crippen LogP contribution in [0.3, 0.4) is 0 Å². The van der Waals surface area contributed by atoms with E-state index in [4.69, 9.17) is 28.6 Å². The third-order valence-corrected chi connectivity index (χ3v) is 8.28. The molecule has 0 bridgehead atoms. The third-order valence-electron chi connectivity index (χ3n) is 6.46. The van der Waals surface area contributed by atoms with Crippen molar-refractivity contribution in [3.8, 4) is 0 Å². The first-order chi connectivity index (χ1) is 16.9. The Labute approximate surface area is 214 Å². The quantitative estimate of drug-likeness (QED) is 0.227. The molecule has 0 aromatic carbocycles. The normalized spacial score (nSPS) is 29.4. The topological polar surface area (TPSA) is 165 Å². The van der Waals surface area contributed by atoms with Crippen LogP contribution in [0.15, 0.2) is 17.1 Å². The van der Waals surface area contributed by atoms with Gasteiger partial charge in [-0.15, -0.1) is 0 Å². The van der Waals surface area contributed by atoms with Gasteiger partial charge in [0.05, 0.1) is 43.7 Å². The highest BCUT2D eigenvalue weighted by Crippen LogP contribution is 2.50. The first-order valence-electron chi connectivity index (χ1n) is 12.3. The van der Waals surface area contributed by atoms with Gasteiger partial charge in [0, 0.05) is 18.5 Å². The molecule has 12 nitrogen and oxygen atoms in total. The van der Waals surface area contributed by atoms with Gasteiger partial charge in [0.2, 0.25) is 0 Å². The maximum absolute atomic E-state index is 12.8. The average Bonchev–Trinajstić information content (AvgIpc) is 2.86. The van der Waals surface area contributed by atoms with Crippen molar-refractivity contribution in [3.05, 3.63) is 22.7 Å². The van der Waals surface area contributed by atoms with Crippen molar-refractivity contribution in [2.24, 2.45) is 5.92 Å². The molecule has 1 aromatic rings. The van der Waals surface area contributed by atoms with Crippen molar-refractivity contribution in [2.45, 2.75) is 90.6 Å². The molecular weight excluding hydrogens is 512 g/mol. The predicted molar refractivity (Wildman–Crippen MR) is 136 cm³/mol. The molecule has 0 radical (unpaired) electrons. The maximum atomic E-state index is 12.8. The maximum Gasteiger partial charge on any atom is 0.472 e. The van der Waals surface area contributed by atoms with Gasteiger partial charge in [0.25, 0.3) is 0 Å². The fourth-order valence-electron chi connectivity index (χ4n) is 4.05. The van der Waals surface area contributed by atoms with Gasteiger partial charge in [-0.1, -0.05) is 26.7 Å². The molecule has 208 valence electrons. The fraction of sp³-hybridized carbons (Fsp3) is 0.818. The first-order valence-corrected chi connectivity index (χ1v) is 15.0. The Hall–Kier alpha value is -0.940. The van der Waals surface area contributed by atoms with Crippen LogP contribution in [0.25, 0.3) is 0 Å². The summed E-state index contributed by atoms with van der Waals surface area (Å²) in [5, 5.41) is 0. The van der Waals surface area contributed by atoms with Crippen LogP contribution in [0.5, 0.6) is 0 Å². The van der Waals surface area contributed by atoms with Gasteiger partial charge < -0.3 is 29.3 Å². The van der Waals surface area contributed by atoms with E-state index in [2.05, 4.69) is 4.98 Å². The van der Waals surface area contributed by atoms with E-state index in [1.807, 2.05) is 20.8 Å². The zero-order chi connectivity index (χ0) is 26.9. The first kappa shape index (κ1) is 31.3. The Morgan fingerprint density at radius 2 is 1.94 bits per heavy atom. The Balaban J connectivity index is 2.36. The van der Waals surface area contributed by atoms with Crippen LogP contribution in [0, 0.1) is 5.92 Å². The van der Waals surface area contributed by atoms with Crippen molar-refractivity contribution < 1.29 is 37.2 Å². The Morgan fingerprint density at radius 1 is 1.28 bits per heavy atom. The van der Waals surface area contributed by atoms with Crippen molar-refractivity contribution in [2.75, 3.05) is 25.6 Å². The summed E-state index contributed by atoms with van der Waals surface area (Å²) in [6.45, 7) is 9.68. The second-order valence-electron chi connectivity index (χ2n) is 9.23. The summed E-state index contributed by atoms with van der Waals surface area (Å²) in [7, 11) is -6.60. The van der Waals surface area contributed by atoms with Crippen LogP contribution in [-0.2, 0) is 32.9 Å². The number of nitrogens with zero attached hydrogens (tertiary/aromatic N) is 2. The lowest BCUT2D eigenvalue weighted by Gasteiger charge is -2.37. The zero-order valence-electron chi connectivity index (χ0n) is 21.7. The van der Waals surface area contributed by atoms with Crippen molar-refractivity contribution >= 4 is 22.2 Å². The largest absolute Gasteiger partial charge is 0.472 e. The number of nitrogen functional groups attached to an aromatic ring is 1. The summed E-state index contributed by atoms with van der Waals surface area (Å²) in [5.74, 6) is -0.507. The number of ether oxygens (including phenoxy) is 1. The molecule has 0 spiro atoms. The van der Waals surface area contributed by atoms with E-state index in [0.717, 1.165) is 19.3 Å². The molecule has 1 aliphatic heterocycles. The Kier molecular flexibility index (Phi) is 12.4. The van der Waals surface area contributed by atoms with Gasteiger partial charge in [-0.25, -0.2) is 9.36 Å². The minimum Gasteiger partial charge on any atom is -0.383 e. The number of phosphoric ester groups is 1. The smallest absolute Gasteiger partial charge is 0.383 e. The lowest BCUT2D eigenvalue weighted by molar-refractivity contribution is -0.0672. The SMILES string of the molecule is CCCCOP(O)OC[C@H]1[C@@H](C)O[C@@H](C)[C@@](C)(n2ccc(N)nc2=O)C[C@H]1OP(=O)(O)OCCCC. The van der Waals surface area contributed by atoms with E-state index in [0.29, 0.717) is 13.0 Å². The summed E-state index contributed by atoms with van der Waals surface area (Å²) in [4.78, 5) is 37.2. The highest BCUT2D eigenvalue weighted by atomic mass is 31.2. The lowest BCUT2D eigenvalue weighted by Crippen LogP contribution is -2.49. The van der Waals surface area contributed by atoms with Gasteiger partial charge in [-0.3, -0.25) is 13.6 Å². The predicted octanol–water partition coefficient (Wildman–Crippen LogP) is 3.71. The molecular formula is C22H41N3O9P2. The van der Waals surface area contributed by atoms with Gasteiger partial charge in [0.1, 0.15) is 5.82 Å². The van der Waals surface area contributed by atoms with Crippen LogP contribution >= 0.6 is 16.4 Å². The van der Waals surface area contributed by atoms with Gasteiger partial charge >= 0.3 is 22.1 Å². The molecule has 1 aliphatic rings. The number of anilines is 1. The molecule has 14 heteroatoms. The number of hydrogen-bond acceptors (Lipinski definition) is 10. The molecule has 0 aliphatic carbocycles. The second kappa shape index (κ2) is 14.3. The summed E-state index contributed by atoms with van der Waals surface area (Å²) in [6.07, 6.45) is 2.69. The van der Waals surface area contributed by atoms with E-state index >= 15 is 0 Å². The number of aromatic nitrogens is 2. The molecule has 7 atom stereocenters. The van der Waals surface area contributed by atoms with Crippen molar-refractivity contribution in [1.29, 1.82) is 0 Å². The molecule has 1 fully saturated rings. The minimum atomic E-state index is -4.45. The molecule has 0 amide bonds. The number of nitrogens with two attached hydrogens (primary N) is 1. The summed E-state index contributed by atoms with van der Waals surface area (Å²) in [5.41, 5.74) is 4.08. The summed E-state index contributed by atoms with van der Waals surface area (Å²) in [6, 6.07) is 1.50. The zero-order valence-corrected chi connectivity index (χ0v) is 23.5. The van der Waals surface area contributed by atoms with E-state index in [1.165, 1.54) is 16.8 Å². The molecule has 1 aromatic heterocycles. The van der Waals surface area contributed by atoms with E-state index < -0.39 is 51.9 Å². The van der Waals surface area contributed by atoms with Crippen molar-refractivity contribution in [3.63, 3.8) is 0 Å². The summed E-state index contributed by atoms with van der Waals surface area (Å²) < 4.78 is 42.2. The van der Waals surface area contributed by atoms with Gasteiger partial charge in [-0.2, -0.15) is 4.98 Å². The number of unbranched alkanes of at least 4 members (excludes halogenated alkanes) is 2. The number of phosphoric acid groups is 1. The average molecular weight is 554 g/mol. The van der Waals surface area contributed by atoms with E-state index in [9.17, 15) is 19.1 Å². The van der Waals surface area contributed by atoms with Gasteiger partial charge in [-0.05, 0) is 39.7 Å². The van der Waals surface area contributed by atoms with E-state index in [1.54, 1.807) is 13.8 Å². The Morgan fingerprint density at radius 3 is 2.58 bits per heavy atom. The summed E-state index contributed by atoms with van der Waals surface area (Å²) >= 11 is 0. The molecule has 4 N–H and O–H groups in total. The number of rotatable bonds is 14. The highest BCUT2D eigenvalue weighted by Gasteiger charge is 2.48. The molecule has 2 rings (SSSR count). The minimum absolute atomic E-state index is 0.0619. The monoisotopic (exact) mass is 553 g/mol. The standard InChI is InChI=1S/C22H41N3O9P2/c1-6-8-12-30-35(27)31-15-18-16(3)33-17(4)22(5,25-11-10-20(23)24-21(25)26)14-19(18)34-36(28,29)32-13-9-7-2/h10-11,16-19,27H,6-9,12-15H2,1-5H3,(H,28,29)(H2,23,24,26)/t16-,17+,18+,19-,22+,35?/m1/s1. The molecule has 2 unspecified atom stereocenters. The third kappa shape index (κ3) is 8.82. The Bertz CT molecular complexity index is 921. The lowest BCUT2D eigenvalue weighted by atomic mass is 9.85. The van der Waals surface area contributed by atoms with E-state index in [-0.39, 0.29) is 25.5 Å². The molecule has 36 heavy (non-hydrogen) atoms. The highest BCUT2D eigenvalue weighted by molar-refractivity contribution is 7.47. The number of hydrogen-bond donors (Lipinski definition) is 3. The van der Waals surface area contributed by atoms with Crippen LogP contribution < -0.4 is 11.4 Å². The van der Waals surface area contributed by atoms with Crippen LogP contribution in [0.4, 0.5) is 5.82 Å². The fourth-order valence-corrected chi connectivity index (χ4v) is 5.71. The van der Waals surface area contributed by atoms with Crippen molar-refractivity contribution in [1.82, 2.24) is 9.55 Å². The molecule has 2 heterocycles. The van der Waals surface area contributed by atoms with Crippen LogP contribution in [0.2, 0.25) is 0 Å². The van der Waals surface area contributed by atoms with Crippen LogP contribution in [0.1, 0.15) is 66.7 Å².